The van der Waals surface area contributed by atoms with E-state index in [4.69, 9.17) is 21.1 Å². The molecule has 0 aliphatic heterocycles. The molecule has 0 saturated heterocycles. The Labute approximate surface area is 167 Å². The van der Waals surface area contributed by atoms with Gasteiger partial charge in [0.2, 0.25) is 0 Å². The fourth-order valence-corrected chi connectivity index (χ4v) is 3.23. The van der Waals surface area contributed by atoms with Gasteiger partial charge in [-0.15, -0.1) is 11.3 Å². The summed E-state index contributed by atoms with van der Waals surface area (Å²) in [7, 11) is 1.61. The van der Waals surface area contributed by atoms with Crippen molar-refractivity contribution in [3.63, 3.8) is 0 Å². The lowest BCUT2D eigenvalue weighted by Gasteiger charge is -2.22. The van der Waals surface area contributed by atoms with Crippen LogP contribution < -0.4 is 5.32 Å². The number of hydrogen-bond acceptors (Lipinski definition) is 6. The molecule has 0 aliphatic carbocycles. The standard InChI is InChI=1S/C18H22ClN3O4S/c1-3-26-17(23)15-12-27-16(21-15)11-22(8-5-9-25-2)18(24)20-14-7-4-6-13(19)10-14/h4,6-7,10,12H,3,5,8-9,11H2,1-2H3,(H,20,24). The molecular weight excluding hydrogens is 390 g/mol. The number of amides is 2. The summed E-state index contributed by atoms with van der Waals surface area (Å²) >= 11 is 7.28. The fraction of sp³-hybridized carbons (Fsp3) is 0.389. The normalized spacial score (nSPS) is 10.5. The summed E-state index contributed by atoms with van der Waals surface area (Å²) in [4.78, 5) is 30.3. The Hall–Kier alpha value is -2.16. The first kappa shape index (κ1) is 21.1. The molecule has 1 aromatic carbocycles. The van der Waals surface area contributed by atoms with Gasteiger partial charge in [0, 0.05) is 36.4 Å². The number of urea groups is 1. The van der Waals surface area contributed by atoms with Crippen LogP contribution in [0.25, 0.3) is 0 Å². The van der Waals surface area contributed by atoms with Crippen molar-refractivity contribution in [3.8, 4) is 0 Å². The Kier molecular flexibility index (Phi) is 8.50. The van der Waals surface area contributed by atoms with E-state index in [1.165, 1.54) is 11.3 Å². The van der Waals surface area contributed by atoms with Crippen LogP contribution in [0, 0.1) is 0 Å². The summed E-state index contributed by atoms with van der Waals surface area (Å²) in [5.74, 6) is -0.464. The first-order valence-electron chi connectivity index (χ1n) is 8.45. The van der Waals surface area contributed by atoms with Gasteiger partial charge in [0.25, 0.3) is 0 Å². The summed E-state index contributed by atoms with van der Waals surface area (Å²) in [5.41, 5.74) is 0.861. The summed E-state index contributed by atoms with van der Waals surface area (Å²) in [6.45, 7) is 3.32. The van der Waals surface area contributed by atoms with E-state index in [0.29, 0.717) is 35.3 Å². The van der Waals surface area contributed by atoms with Crippen LogP contribution in [0.3, 0.4) is 0 Å². The van der Waals surface area contributed by atoms with Crippen molar-refractivity contribution in [1.82, 2.24) is 9.88 Å². The average Bonchev–Trinajstić information content (AvgIpc) is 3.10. The van der Waals surface area contributed by atoms with Crippen LogP contribution in [0.15, 0.2) is 29.6 Å². The number of esters is 1. The van der Waals surface area contributed by atoms with Gasteiger partial charge in [-0.2, -0.15) is 0 Å². The minimum Gasteiger partial charge on any atom is -0.461 e. The Morgan fingerprint density at radius 2 is 2.19 bits per heavy atom. The second-order valence-electron chi connectivity index (χ2n) is 5.56. The Bertz CT molecular complexity index is 769. The molecule has 2 amide bonds. The predicted octanol–water partition coefficient (Wildman–Crippen LogP) is 4.04. The number of anilines is 1. The fourth-order valence-electron chi connectivity index (χ4n) is 2.27. The molecule has 27 heavy (non-hydrogen) atoms. The van der Waals surface area contributed by atoms with Crippen LogP contribution in [-0.2, 0) is 16.0 Å². The second kappa shape index (κ2) is 10.9. The van der Waals surface area contributed by atoms with E-state index in [1.807, 2.05) is 0 Å². The topological polar surface area (TPSA) is 80.8 Å². The van der Waals surface area contributed by atoms with Crippen LogP contribution in [0.5, 0.6) is 0 Å². The molecule has 9 heteroatoms. The van der Waals surface area contributed by atoms with Crippen molar-refractivity contribution in [2.24, 2.45) is 0 Å². The summed E-state index contributed by atoms with van der Waals surface area (Å²) < 4.78 is 10.0. The molecule has 146 valence electrons. The molecule has 0 saturated carbocycles. The van der Waals surface area contributed by atoms with Crippen LogP contribution >= 0.6 is 22.9 Å². The van der Waals surface area contributed by atoms with E-state index >= 15 is 0 Å². The molecule has 7 nitrogen and oxygen atoms in total. The minimum atomic E-state index is -0.464. The third-order valence-corrected chi connectivity index (χ3v) is 4.57. The van der Waals surface area contributed by atoms with Crippen LogP contribution in [0.4, 0.5) is 10.5 Å². The van der Waals surface area contributed by atoms with Gasteiger partial charge in [0.15, 0.2) is 5.69 Å². The van der Waals surface area contributed by atoms with E-state index in [2.05, 4.69) is 10.3 Å². The molecule has 0 spiro atoms. The number of thiazole rings is 1. The van der Waals surface area contributed by atoms with Crippen LogP contribution in [0.2, 0.25) is 5.02 Å². The quantitative estimate of drug-likeness (QED) is 0.497. The largest absolute Gasteiger partial charge is 0.461 e. The number of ether oxygens (including phenoxy) is 2. The van der Waals surface area contributed by atoms with Crippen molar-refractivity contribution >= 4 is 40.6 Å². The highest BCUT2D eigenvalue weighted by atomic mass is 35.5. The highest BCUT2D eigenvalue weighted by Gasteiger charge is 2.18. The zero-order valence-electron chi connectivity index (χ0n) is 15.2. The lowest BCUT2D eigenvalue weighted by atomic mass is 10.3. The van der Waals surface area contributed by atoms with Gasteiger partial charge in [-0.05, 0) is 31.5 Å². The molecular formula is C18H22ClN3O4S. The molecule has 1 heterocycles. The number of nitrogens with zero attached hydrogens (tertiary/aromatic N) is 2. The van der Waals surface area contributed by atoms with Gasteiger partial charge >= 0.3 is 12.0 Å². The Morgan fingerprint density at radius 1 is 1.37 bits per heavy atom. The second-order valence-corrected chi connectivity index (χ2v) is 6.93. The summed E-state index contributed by atoms with van der Waals surface area (Å²) in [6.07, 6.45) is 0.676. The molecule has 0 fully saturated rings. The number of carbonyl (C=O) groups is 2. The number of halogens is 1. The maximum absolute atomic E-state index is 12.7. The number of carbonyl (C=O) groups excluding carboxylic acids is 2. The molecule has 0 unspecified atom stereocenters. The first-order valence-corrected chi connectivity index (χ1v) is 9.71. The van der Waals surface area contributed by atoms with Gasteiger partial charge in [0.1, 0.15) is 5.01 Å². The molecule has 0 radical (unpaired) electrons. The molecule has 0 bridgehead atoms. The monoisotopic (exact) mass is 411 g/mol. The van der Waals surface area contributed by atoms with E-state index < -0.39 is 5.97 Å². The average molecular weight is 412 g/mol. The van der Waals surface area contributed by atoms with Crippen molar-refractivity contribution in [1.29, 1.82) is 0 Å². The highest BCUT2D eigenvalue weighted by Crippen LogP contribution is 2.17. The number of rotatable bonds is 9. The zero-order valence-corrected chi connectivity index (χ0v) is 16.8. The van der Waals surface area contributed by atoms with Gasteiger partial charge < -0.3 is 19.7 Å². The number of benzene rings is 1. The predicted molar refractivity (Wildman–Crippen MR) is 105 cm³/mol. The third-order valence-electron chi connectivity index (χ3n) is 3.50. The molecule has 0 aliphatic rings. The highest BCUT2D eigenvalue weighted by molar-refractivity contribution is 7.09. The zero-order chi connectivity index (χ0) is 19.6. The molecule has 1 aromatic heterocycles. The van der Waals surface area contributed by atoms with Crippen molar-refractivity contribution in [3.05, 3.63) is 45.4 Å². The van der Waals surface area contributed by atoms with Crippen LogP contribution in [0.1, 0.15) is 28.8 Å². The smallest absolute Gasteiger partial charge is 0.357 e. The molecule has 1 N–H and O–H groups in total. The van der Waals surface area contributed by atoms with E-state index in [1.54, 1.807) is 48.6 Å². The minimum absolute atomic E-state index is 0.254. The number of methoxy groups -OCH3 is 1. The number of nitrogens with one attached hydrogen (secondary N) is 1. The van der Waals surface area contributed by atoms with Gasteiger partial charge in [-0.1, -0.05) is 17.7 Å². The maximum Gasteiger partial charge on any atom is 0.357 e. The Morgan fingerprint density at radius 3 is 2.89 bits per heavy atom. The van der Waals surface area contributed by atoms with Crippen LogP contribution in [-0.4, -0.2) is 48.8 Å². The van der Waals surface area contributed by atoms with E-state index in [-0.39, 0.29) is 24.9 Å². The summed E-state index contributed by atoms with van der Waals surface area (Å²) in [6, 6.07) is 6.66. The van der Waals surface area contributed by atoms with Gasteiger partial charge in [-0.25, -0.2) is 14.6 Å². The van der Waals surface area contributed by atoms with Crippen molar-refractivity contribution in [2.75, 3.05) is 32.2 Å². The van der Waals surface area contributed by atoms with Gasteiger partial charge in [-0.3, -0.25) is 0 Å². The molecule has 2 rings (SSSR count). The lowest BCUT2D eigenvalue weighted by molar-refractivity contribution is 0.0520. The van der Waals surface area contributed by atoms with E-state index in [0.717, 1.165) is 0 Å². The third kappa shape index (κ3) is 6.82. The van der Waals surface area contributed by atoms with Gasteiger partial charge in [0.05, 0.1) is 13.2 Å². The maximum atomic E-state index is 12.7. The summed E-state index contributed by atoms with van der Waals surface area (Å²) in [5, 5.41) is 5.65. The van der Waals surface area contributed by atoms with Crippen molar-refractivity contribution in [2.45, 2.75) is 19.9 Å². The number of hydrogen-bond donors (Lipinski definition) is 1. The number of aromatic nitrogens is 1. The Balaban J connectivity index is 2.06. The lowest BCUT2D eigenvalue weighted by Crippen LogP contribution is -2.35. The van der Waals surface area contributed by atoms with Crippen molar-refractivity contribution < 1.29 is 19.1 Å². The molecule has 0 atom stereocenters. The first-order chi connectivity index (χ1) is 13.0. The molecule has 2 aromatic rings. The SMILES string of the molecule is CCOC(=O)c1csc(CN(CCCOC)C(=O)Nc2cccc(Cl)c2)n1. The van der Waals surface area contributed by atoms with E-state index in [9.17, 15) is 9.59 Å².